The lowest BCUT2D eigenvalue weighted by molar-refractivity contribution is 0.0952. The predicted octanol–water partition coefficient (Wildman–Crippen LogP) is 6.12. The van der Waals surface area contributed by atoms with Crippen molar-refractivity contribution in [2.45, 2.75) is 13.0 Å². The van der Waals surface area contributed by atoms with Gasteiger partial charge in [0.25, 0.3) is 12.3 Å². The summed E-state index contributed by atoms with van der Waals surface area (Å²) in [6.07, 6.45) is 0.337. The van der Waals surface area contributed by atoms with Crippen LogP contribution in [-0.4, -0.2) is 30.3 Å². The summed E-state index contributed by atoms with van der Waals surface area (Å²) >= 11 is 0. The minimum Gasteiger partial charge on any atom is -0.348 e. The standard InChI is InChI=1S/C30H22F2N6O/c31-28(32)26-16-25(20-10-4-1-5-11-20)35-29-24(18-34-38(26)29)30(39)33-17-22-19-37(23-14-8-3-9-15-23)36-27(22)21-12-6-2-7-13-21/h1-16,18-19,28H,17H2,(H,33,39). The number of hydrogen-bond donors (Lipinski definition) is 1. The highest BCUT2D eigenvalue weighted by molar-refractivity contribution is 6.00. The summed E-state index contributed by atoms with van der Waals surface area (Å²) in [5.74, 6) is -0.477. The highest BCUT2D eigenvalue weighted by atomic mass is 19.3. The Morgan fingerprint density at radius 2 is 1.51 bits per heavy atom. The lowest BCUT2D eigenvalue weighted by Gasteiger charge is -2.09. The van der Waals surface area contributed by atoms with E-state index in [-0.39, 0.29) is 23.4 Å². The molecule has 0 aliphatic carbocycles. The molecule has 0 saturated heterocycles. The molecule has 1 N–H and O–H groups in total. The van der Waals surface area contributed by atoms with Crippen LogP contribution in [0.15, 0.2) is 109 Å². The zero-order valence-corrected chi connectivity index (χ0v) is 20.6. The van der Waals surface area contributed by atoms with Crippen LogP contribution in [0, 0.1) is 0 Å². The number of amides is 1. The van der Waals surface area contributed by atoms with Gasteiger partial charge in [-0.25, -0.2) is 23.0 Å². The molecule has 0 unspecified atom stereocenters. The Morgan fingerprint density at radius 1 is 0.872 bits per heavy atom. The largest absolute Gasteiger partial charge is 0.348 e. The predicted molar refractivity (Wildman–Crippen MR) is 144 cm³/mol. The molecule has 0 spiro atoms. The smallest absolute Gasteiger partial charge is 0.280 e. The molecule has 0 aliphatic rings. The van der Waals surface area contributed by atoms with Crippen molar-refractivity contribution in [3.63, 3.8) is 0 Å². The highest BCUT2D eigenvalue weighted by Crippen LogP contribution is 2.27. The van der Waals surface area contributed by atoms with E-state index in [4.69, 9.17) is 5.10 Å². The SMILES string of the molecule is O=C(NCc1cn(-c2ccccc2)nc1-c1ccccc1)c1cnn2c(C(F)F)cc(-c3ccccc3)nc12. The Hall–Kier alpha value is -5.18. The number of hydrogen-bond acceptors (Lipinski definition) is 4. The first-order valence-electron chi connectivity index (χ1n) is 12.3. The van der Waals surface area contributed by atoms with Gasteiger partial charge in [0, 0.05) is 29.4 Å². The number of rotatable bonds is 7. The van der Waals surface area contributed by atoms with Gasteiger partial charge in [0.05, 0.1) is 23.3 Å². The van der Waals surface area contributed by atoms with Crippen LogP contribution in [0.1, 0.15) is 28.0 Å². The number of para-hydroxylation sites is 1. The number of fused-ring (bicyclic) bond motifs is 1. The van der Waals surface area contributed by atoms with Gasteiger partial charge in [-0.3, -0.25) is 4.79 Å². The van der Waals surface area contributed by atoms with Gasteiger partial charge in [0.15, 0.2) is 5.65 Å². The van der Waals surface area contributed by atoms with Crippen molar-refractivity contribution in [2.75, 3.05) is 0 Å². The Bertz CT molecular complexity index is 1750. The zero-order chi connectivity index (χ0) is 26.8. The normalized spacial score (nSPS) is 11.3. The van der Waals surface area contributed by atoms with Gasteiger partial charge >= 0.3 is 0 Å². The number of alkyl halides is 2. The summed E-state index contributed by atoms with van der Waals surface area (Å²) < 4.78 is 30.6. The molecule has 39 heavy (non-hydrogen) atoms. The third-order valence-corrected chi connectivity index (χ3v) is 6.33. The molecule has 6 rings (SSSR count). The third-order valence-electron chi connectivity index (χ3n) is 6.33. The molecule has 1 amide bonds. The number of nitrogens with zero attached hydrogens (tertiary/aromatic N) is 5. The maximum absolute atomic E-state index is 13.9. The van der Waals surface area contributed by atoms with E-state index in [1.807, 2.05) is 72.9 Å². The van der Waals surface area contributed by atoms with Gasteiger partial charge < -0.3 is 5.32 Å². The van der Waals surface area contributed by atoms with Crippen molar-refractivity contribution >= 4 is 11.6 Å². The second-order valence-electron chi connectivity index (χ2n) is 8.86. The summed E-state index contributed by atoms with van der Waals surface area (Å²) in [7, 11) is 0. The fraction of sp³-hybridized carbons (Fsp3) is 0.0667. The first-order valence-corrected chi connectivity index (χ1v) is 12.3. The second kappa shape index (κ2) is 10.3. The second-order valence-corrected chi connectivity index (χ2v) is 8.86. The molecular formula is C30H22F2N6O. The van der Waals surface area contributed by atoms with E-state index < -0.39 is 12.3 Å². The maximum atomic E-state index is 13.9. The monoisotopic (exact) mass is 520 g/mol. The molecule has 6 aromatic rings. The van der Waals surface area contributed by atoms with Crippen LogP contribution in [-0.2, 0) is 6.54 Å². The van der Waals surface area contributed by atoms with E-state index in [2.05, 4.69) is 15.4 Å². The Labute approximate surface area is 222 Å². The van der Waals surface area contributed by atoms with Gasteiger partial charge in [-0.15, -0.1) is 0 Å². The van der Waals surface area contributed by atoms with Gasteiger partial charge in [-0.2, -0.15) is 10.2 Å². The van der Waals surface area contributed by atoms with E-state index in [0.29, 0.717) is 11.3 Å². The van der Waals surface area contributed by atoms with Crippen LogP contribution in [0.4, 0.5) is 8.78 Å². The quantitative estimate of drug-likeness (QED) is 0.275. The zero-order valence-electron chi connectivity index (χ0n) is 20.6. The summed E-state index contributed by atoms with van der Waals surface area (Å²) in [5, 5.41) is 11.7. The van der Waals surface area contributed by atoms with E-state index in [1.54, 1.807) is 28.9 Å². The Balaban J connectivity index is 1.34. The lowest BCUT2D eigenvalue weighted by Crippen LogP contribution is -2.23. The first kappa shape index (κ1) is 24.2. The van der Waals surface area contributed by atoms with E-state index in [9.17, 15) is 13.6 Å². The molecule has 3 aromatic heterocycles. The van der Waals surface area contributed by atoms with Gasteiger partial charge in [0.2, 0.25) is 0 Å². The number of carbonyl (C=O) groups is 1. The van der Waals surface area contributed by atoms with Crippen molar-refractivity contribution in [2.24, 2.45) is 0 Å². The fourth-order valence-electron chi connectivity index (χ4n) is 4.42. The third kappa shape index (κ3) is 4.77. The number of halogens is 2. The van der Waals surface area contributed by atoms with Crippen LogP contribution in [0.3, 0.4) is 0 Å². The molecule has 7 nitrogen and oxygen atoms in total. The van der Waals surface area contributed by atoms with Crippen molar-refractivity contribution in [1.82, 2.24) is 29.7 Å². The number of nitrogens with one attached hydrogen (secondary N) is 1. The maximum Gasteiger partial charge on any atom is 0.280 e. The van der Waals surface area contributed by atoms with Crippen molar-refractivity contribution in [3.05, 3.63) is 126 Å². The molecule has 192 valence electrons. The van der Waals surface area contributed by atoms with Crippen LogP contribution in [0.5, 0.6) is 0 Å². The molecule has 9 heteroatoms. The highest BCUT2D eigenvalue weighted by Gasteiger charge is 2.22. The molecule has 0 aliphatic heterocycles. The first-order chi connectivity index (χ1) is 19.1. The van der Waals surface area contributed by atoms with E-state index in [0.717, 1.165) is 27.0 Å². The van der Waals surface area contributed by atoms with Crippen LogP contribution in [0.2, 0.25) is 0 Å². The number of benzene rings is 3. The average Bonchev–Trinajstić information content (AvgIpc) is 3.61. The number of aromatic nitrogens is 5. The fourth-order valence-corrected chi connectivity index (χ4v) is 4.42. The Morgan fingerprint density at radius 3 is 2.18 bits per heavy atom. The van der Waals surface area contributed by atoms with Gasteiger partial charge in [-0.1, -0.05) is 78.9 Å². The molecule has 3 heterocycles. The van der Waals surface area contributed by atoms with Crippen molar-refractivity contribution < 1.29 is 13.6 Å². The molecule has 0 fully saturated rings. The van der Waals surface area contributed by atoms with Crippen molar-refractivity contribution in [3.8, 4) is 28.2 Å². The summed E-state index contributed by atoms with van der Waals surface area (Å²) in [6, 6.07) is 29.6. The summed E-state index contributed by atoms with van der Waals surface area (Å²) in [6.45, 7) is 0.160. The number of carbonyl (C=O) groups excluding carboxylic acids is 1. The van der Waals surface area contributed by atoms with Crippen LogP contribution >= 0.6 is 0 Å². The lowest BCUT2D eigenvalue weighted by atomic mass is 10.1. The van der Waals surface area contributed by atoms with E-state index in [1.165, 1.54) is 12.3 Å². The topological polar surface area (TPSA) is 77.1 Å². The molecular weight excluding hydrogens is 498 g/mol. The summed E-state index contributed by atoms with van der Waals surface area (Å²) in [4.78, 5) is 17.9. The molecule has 0 radical (unpaired) electrons. The van der Waals surface area contributed by atoms with E-state index >= 15 is 0 Å². The minimum absolute atomic E-state index is 0.0624. The van der Waals surface area contributed by atoms with Gasteiger partial charge in [0.1, 0.15) is 11.3 Å². The van der Waals surface area contributed by atoms with Crippen LogP contribution < -0.4 is 5.32 Å². The Kier molecular flexibility index (Phi) is 6.38. The van der Waals surface area contributed by atoms with Gasteiger partial charge in [-0.05, 0) is 18.2 Å². The summed E-state index contributed by atoms with van der Waals surface area (Å²) in [5.41, 5.74) is 4.13. The van der Waals surface area contributed by atoms with Crippen molar-refractivity contribution in [1.29, 1.82) is 0 Å². The molecule has 0 bridgehead atoms. The average molecular weight is 521 g/mol. The molecule has 3 aromatic carbocycles. The van der Waals surface area contributed by atoms with Crippen LogP contribution in [0.25, 0.3) is 33.8 Å². The minimum atomic E-state index is -2.80. The molecule has 0 atom stereocenters. The molecule has 0 saturated carbocycles.